The van der Waals surface area contributed by atoms with Gasteiger partial charge in [0.05, 0.1) is 0 Å². The zero-order valence-corrected chi connectivity index (χ0v) is 13.3. The lowest BCUT2D eigenvalue weighted by Gasteiger charge is -2.14. The van der Waals surface area contributed by atoms with E-state index >= 15 is 0 Å². The van der Waals surface area contributed by atoms with Gasteiger partial charge in [0.2, 0.25) is 0 Å². The van der Waals surface area contributed by atoms with Crippen LogP contribution in [-0.4, -0.2) is 0 Å². The topological polar surface area (TPSA) is 26.0 Å². The normalized spacial score (nSPS) is 12.6. The first kappa shape index (κ1) is 15.8. The zero-order valence-electron chi connectivity index (χ0n) is 13.3. The molecule has 1 heteroatoms. The van der Waals surface area contributed by atoms with Crippen molar-refractivity contribution in [2.45, 2.75) is 45.6 Å². The van der Waals surface area contributed by atoms with Gasteiger partial charge in [-0.3, -0.25) is 0 Å². The summed E-state index contributed by atoms with van der Waals surface area (Å²) in [7, 11) is 0. The quantitative estimate of drug-likeness (QED) is 0.767. The van der Waals surface area contributed by atoms with E-state index in [9.17, 15) is 0 Å². The molecule has 0 fully saturated rings. The summed E-state index contributed by atoms with van der Waals surface area (Å²) in [6.45, 7) is 4.51. The lowest BCUT2D eigenvalue weighted by Crippen LogP contribution is -2.11. The summed E-state index contributed by atoms with van der Waals surface area (Å²) in [6, 6.07) is 19.6. The molecule has 0 saturated carbocycles. The highest BCUT2D eigenvalue weighted by molar-refractivity contribution is 5.26. The van der Waals surface area contributed by atoms with Crippen LogP contribution in [0.5, 0.6) is 0 Å². The third-order valence-electron chi connectivity index (χ3n) is 3.85. The monoisotopic (exact) mass is 281 g/mol. The van der Waals surface area contributed by atoms with Crippen molar-refractivity contribution < 1.29 is 0 Å². The largest absolute Gasteiger partial charge is 0.324 e. The van der Waals surface area contributed by atoms with Gasteiger partial charge in [-0.1, -0.05) is 68.4 Å². The van der Waals surface area contributed by atoms with Crippen molar-refractivity contribution in [2.24, 2.45) is 11.7 Å². The van der Waals surface area contributed by atoms with Crippen LogP contribution in [-0.2, 0) is 12.8 Å². The Bertz CT molecular complexity index is 531. The number of aryl methyl sites for hydroxylation is 1. The van der Waals surface area contributed by atoms with Gasteiger partial charge in [-0.15, -0.1) is 0 Å². The molecule has 112 valence electrons. The molecule has 0 aliphatic carbocycles. The van der Waals surface area contributed by atoms with Crippen molar-refractivity contribution in [2.75, 3.05) is 0 Å². The first-order valence-corrected chi connectivity index (χ1v) is 8.03. The van der Waals surface area contributed by atoms with Crippen molar-refractivity contribution in [1.82, 2.24) is 0 Å². The molecular weight excluding hydrogens is 254 g/mol. The molecular formula is C20H27N. The second-order valence-electron chi connectivity index (χ2n) is 6.33. The minimum Gasteiger partial charge on any atom is -0.324 e. The number of hydrogen-bond acceptors (Lipinski definition) is 1. The summed E-state index contributed by atoms with van der Waals surface area (Å²) in [5.41, 5.74) is 10.4. The first-order valence-electron chi connectivity index (χ1n) is 8.03. The van der Waals surface area contributed by atoms with Crippen LogP contribution >= 0.6 is 0 Å². The molecule has 1 atom stereocenters. The molecule has 0 heterocycles. The fourth-order valence-corrected chi connectivity index (χ4v) is 2.76. The summed E-state index contributed by atoms with van der Waals surface area (Å²) in [6.07, 6.45) is 4.42. The Morgan fingerprint density at radius 1 is 0.905 bits per heavy atom. The molecule has 1 nitrogen and oxygen atoms in total. The number of benzene rings is 2. The third kappa shape index (κ3) is 5.35. The van der Waals surface area contributed by atoms with Gasteiger partial charge >= 0.3 is 0 Å². The van der Waals surface area contributed by atoms with E-state index in [2.05, 4.69) is 68.4 Å². The molecule has 0 aliphatic heterocycles. The van der Waals surface area contributed by atoms with Crippen LogP contribution in [0, 0.1) is 5.92 Å². The van der Waals surface area contributed by atoms with Crippen molar-refractivity contribution >= 4 is 0 Å². The first-order chi connectivity index (χ1) is 10.1. The second-order valence-corrected chi connectivity index (χ2v) is 6.33. The summed E-state index contributed by atoms with van der Waals surface area (Å²) in [5.74, 6) is 0.689. The minimum atomic E-state index is 0.154. The highest BCUT2D eigenvalue weighted by Crippen LogP contribution is 2.20. The van der Waals surface area contributed by atoms with E-state index in [1.807, 2.05) is 0 Å². The Labute approximate surface area is 129 Å². The lowest BCUT2D eigenvalue weighted by atomic mass is 9.95. The molecule has 2 N–H and O–H groups in total. The maximum atomic E-state index is 6.36. The molecule has 0 bridgehead atoms. The van der Waals surface area contributed by atoms with Gasteiger partial charge in [0, 0.05) is 6.04 Å². The van der Waals surface area contributed by atoms with Gasteiger partial charge in [0.15, 0.2) is 0 Å². The van der Waals surface area contributed by atoms with E-state index in [1.54, 1.807) is 0 Å². The van der Waals surface area contributed by atoms with E-state index in [-0.39, 0.29) is 6.04 Å². The van der Waals surface area contributed by atoms with Gasteiger partial charge in [0.25, 0.3) is 0 Å². The third-order valence-corrected chi connectivity index (χ3v) is 3.85. The number of hydrogen-bond donors (Lipinski definition) is 1. The van der Waals surface area contributed by atoms with E-state index in [1.165, 1.54) is 16.7 Å². The van der Waals surface area contributed by atoms with Crippen LogP contribution in [0.4, 0.5) is 0 Å². The molecule has 2 aromatic carbocycles. The van der Waals surface area contributed by atoms with E-state index in [0.29, 0.717) is 5.92 Å². The van der Waals surface area contributed by atoms with Crippen LogP contribution in [0.2, 0.25) is 0 Å². The molecule has 1 unspecified atom stereocenters. The van der Waals surface area contributed by atoms with Gasteiger partial charge in [-0.25, -0.2) is 0 Å². The maximum Gasteiger partial charge on any atom is 0.0295 e. The molecule has 2 rings (SSSR count). The van der Waals surface area contributed by atoms with E-state index in [4.69, 9.17) is 5.73 Å². The fourth-order valence-electron chi connectivity index (χ4n) is 2.76. The molecule has 2 aromatic rings. The SMILES string of the molecule is CC(C)Cc1cccc(C(N)CCCc2ccccc2)c1. The van der Waals surface area contributed by atoms with Crippen molar-refractivity contribution in [3.05, 3.63) is 71.3 Å². The minimum absolute atomic E-state index is 0.154. The van der Waals surface area contributed by atoms with Crippen LogP contribution in [0.25, 0.3) is 0 Å². The molecule has 21 heavy (non-hydrogen) atoms. The standard InChI is InChI=1S/C20H27N/c1-16(2)14-18-11-6-12-19(15-18)20(21)13-7-10-17-8-4-3-5-9-17/h3-6,8-9,11-12,15-16,20H,7,10,13-14,21H2,1-2H3. The Balaban J connectivity index is 1.86. The smallest absolute Gasteiger partial charge is 0.0295 e. The Morgan fingerprint density at radius 3 is 2.33 bits per heavy atom. The van der Waals surface area contributed by atoms with Crippen LogP contribution in [0.1, 0.15) is 49.4 Å². The van der Waals surface area contributed by atoms with Gasteiger partial charge in [-0.2, -0.15) is 0 Å². The zero-order chi connectivity index (χ0) is 15.1. The average Bonchev–Trinajstić information content (AvgIpc) is 2.48. The fraction of sp³-hybridized carbons (Fsp3) is 0.400. The molecule has 0 spiro atoms. The molecule has 0 saturated heterocycles. The summed E-state index contributed by atoms with van der Waals surface area (Å²) >= 11 is 0. The van der Waals surface area contributed by atoms with Gasteiger partial charge in [0.1, 0.15) is 0 Å². The lowest BCUT2D eigenvalue weighted by molar-refractivity contribution is 0.607. The van der Waals surface area contributed by atoms with Gasteiger partial charge in [-0.05, 0) is 48.3 Å². The van der Waals surface area contributed by atoms with Gasteiger partial charge < -0.3 is 5.73 Å². The summed E-state index contributed by atoms with van der Waals surface area (Å²) < 4.78 is 0. The van der Waals surface area contributed by atoms with E-state index < -0.39 is 0 Å². The molecule has 0 amide bonds. The molecule has 0 radical (unpaired) electrons. The summed E-state index contributed by atoms with van der Waals surface area (Å²) in [4.78, 5) is 0. The van der Waals surface area contributed by atoms with Crippen molar-refractivity contribution in [1.29, 1.82) is 0 Å². The highest BCUT2D eigenvalue weighted by atomic mass is 14.6. The predicted octanol–water partition coefficient (Wildman–Crippen LogP) is 4.91. The van der Waals surface area contributed by atoms with Crippen molar-refractivity contribution in [3.63, 3.8) is 0 Å². The van der Waals surface area contributed by atoms with E-state index in [0.717, 1.165) is 25.7 Å². The van der Waals surface area contributed by atoms with Crippen LogP contribution in [0.3, 0.4) is 0 Å². The molecule has 0 aliphatic rings. The van der Waals surface area contributed by atoms with Crippen LogP contribution < -0.4 is 5.73 Å². The molecule has 0 aromatic heterocycles. The second kappa shape index (κ2) is 7.99. The predicted molar refractivity (Wildman–Crippen MR) is 91.3 cm³/mol. The maximum absolute atomic E-state index is 6.36. The van der Waals surface area contributed by atoms with Crippen LogP contribution in [0.15, 0.2) is 54.6 Å². The Morgan fingerprint density at radius 2 is 1.62 bits per heavy atom. The summed E-state index contributed by atoms with van der Waals surface area (Å²) in [5, 5.41) is 0. The number of nitrogens with two attached hydrogens (primary N) is 1. The number of rotatable bonds is 7. The van der Waals surface area contributed by atoms with Crippen molar-refractivity contribution in [3.8, 4) is 0 Å². The highest BCUT2D eigenvalue weighted by Gasteiger charge is 2.07. The average molecular weight is 281 g/mol. The Hall–Kier alpha value is -1.60. The Kier molecular flexibility index (Phi) is 6.01.